The number of benzene rings is 2. The Hall–Kier alpha value is -2.86. The van der Waals surface area contributed by atoms with Crippen molar-refractivity contribution < 1.29 is 19.4 Å². The third-order valence-corrected chi connectivity index (χ3v) is 7.08. The van der Waals surface area contributed by atoms with E-state index in [0.29, 0.717) is 26.2 Å². The number of carboxylic acid groups (broad SMARTS) is 1. The van der Waals surface area contributed by atoms with E-state index in [2.05, 4.69) is 29.2 Å². The second-order valence-corrected chi connectivity index (χ2v) is 8.86. The molecule has 5 rings (SSSR count). The van der Waals surface area contributed by atoms with E-state index in [1.165, 1.54) is 22.3 Å². The molecule has 2 aromatic rings. The number of carbonyl (C=O) groups is 2. The minimum atomic E-state index is -0.712. The number of carbonyl (C=O) groups excluding carboxylic acids is 1. The number of fused-ring (bicyclic) bond motifs is 3. The molecule has 2 aromatic carbocycles. The summed E-state index contributed by atoms with van der Waals surface area (Å²) in [6.45, 7) is 3.10. The number of carboxylic acids is 1. The van der Waals surface area contributed by atoms with E-state index in [9.17, 15) is 14.7 Å². The monoisotopic (exact) mass is 420 g/mol. The molecule has 1 amide bonds. The summed E-state index contributed by atoms with van der Waals surface area (Å²) in [5.41, 5.74) is 4.87. The zero-order valence-corrected chi connectivity index (χ0v) is 17.6. The van der Waals surface area contributed by atoms with E-state index in [-0.39, 0.29) is 24.0 Å². The molecular weight excluding hydrogens is 392 g/mol. The number of rotatable bonds is 4. The molecule has 2 heterocycles. The molecule has 0 spiro atoms. The fourth-order valence-electron chi connectivity index (χ4n) is 5.43. The fourth-order valence-corrected chi connectivity index (χ4v) is 5.43. The third kappa shape index (κ3) is 3.81. The van der Waals surface area contributed by atoms with E-state index >= 15 is 0 Å². The predicted molar refractivity (Wildman–Crippen MR) is 117 cm³/mol. The Morgan fingerprint density at radius 3 is 2.29 bits per heavy atom. The maximum absolute atomic E-state index is 12.8. The van der Waals surface area contributed by atoms with Crippen LogP contribution in [0.15, 0.2) is 48.5 Å². The van der Waals surface area contributed by atoms with Gasteiger partial charge in [-0.1, -0.05) is 48.5 Å². The summed E-state index contributed by atoms with van der Waals surface area (Å²) in [6.07, 6.45) is 2.25. The topological polar surface area (TPSA) is 70.1 Å². The molecule has 0 radical (unpaired) electrons. The molecule has 6 nitrogen and oxygen atoms in total. The smallest absolute Gasteiger partial charge is 0.409 e. The van der Waals surface area contributed by atoms with Gasteiger partial charge in [-0.25, -0.2) is 4.79 Å². The van der Waals surface area contributed by atoms with Gasteiger partial charge in [0.1, 0.15) is 6.61 Å². The molecule has 2 fully saturated rings. The molecule has 0 bridgehead atoms. The maximum Gasteiger partial charge on any atom is 0.409 e. The van der Waals surface area contributed by atoms with Crippen LogP contribution in [0.5, 0.6) is 0 Å². The highest BCUT2D eigenvalue weighted by molar-refractivity contribution is 5.79. The largest absolute Gasteiger partial charge is 0.481 e. The average molecular weight is 421 g/mol. The van der Waals surface area contributed by atoms with Crippen molar-refractivity contribution >= 4 is 12.1 Å². The van der Waals surface area contributed by atoms with Gasteiger partial charge in [-0.3, -0.25) is 9.69 Å². The number of piperidine rings is 1. The molecule has 162 valence electrons. The lowest BCUT2D eigenvalue weighted by Gasteiger charge is -2.35. The molecule has 2 saturated heterocycles. The van der Waals surface area contributed by atoms with Crippen LogP contribution in [-0.4, -0.2) is 65.8 Å². The van der Waals surface area contributed by atoms with Crippen molar-refractivity contribution in [1.82, 2.24) is 9.80 Å². The summed E-state index contributed by atoms with van der Waals surface area (Å²) in [7, 11) is 0. The van der Waals surface area contributed by atoms with Gasteiger partial charge in [0.25, 0.3) is 0 Å². The molecule has 0 aromatic heterocycles. The van der Waals surface area contributed by atoms with Crippen molar-refractivity contribution in [3.63, 3.8) is 0 Å². The second-order valence-electron chi connectivity index (χ2n) is 8.86. The molecule has 1 aliphatic carbocycles. The SMILES string of the molecule is O=C(O)C1CCCN(C2CCN(C(=O)OCC3c4ccccc4-c4ccccc43)C2)C1. The first kappa shape index (κ1) is 20.1. The van der Waals surface area contributed by atoms with Gasteiger partial charge in [0.2, 0.25) is 0 Å². The Kier molecular flexibility index (Phi) is 5.40. The van der Waals surface area contributed by atoms with Crippen LogP contribution in [0.3, 0.4) is 0 Å². The molecule has 3 aliphatic rings. The number of hydrogen-bond acceptors (Lipinski definition) is 4. The Morgan fingerprint density at radius 2 is 1.61 bits per heavy atom. The first-order valence-corrected chi connectivity index (χ1v) is 11.2. The molecule has 0 saturated carbocycles. The fraction of sp³-hybridized carbons (Fsp3) is 0.440. The van der Waals surface area contributed by atoms with Crippen LogP contribution < -0.4 is 0 Å². The lowest BCUT2D eigenvalue weighted by molar-refractivity contribution is -0.143. The quantitative estimate of drug-likeness (QED) is 0.815. The Balaban J connectivity index is 1.21. The minimum absolute atomic E-state index is 0.0631. The minimum Gasteiger partial charge on any atom is -0.481 e. The van der Waals surface area contributed by atoms with Crippen LogP contribution in [0.2, 0.25) is 0 Å². The van der Waals surface area contributed by atoms with Crippen molar-refractivity contribution in [2.45, 2.75) is 31.2 Å². The summed E-state index contributed by atoms with van der Waals surface area (Å²) in [5, 5.41) is 9.34. The van der Waals surface area contributed by atoms with Crippen molar-refractivity contribution in [3.8, 4) is 11.1 Å². The van der Waals surface area contributed by atoms with Gasteiger partial charge in [-0.15, -0.1) is 0 Å². The number of amides is 1. The van der Waals surface area contributed by atoms with E-state index in [0.717, 1.165) is 25.8 Å². The summed E-state index contributed by atoms with van der Waals surface area (Å²) in [4.78, 5) is 28.2. The lowest BCUT2D eigenvalue weighted by Crippen LogP contribution is -2.46. The van der Waals surface area contributed by atoms with Gasteiger partial charge < -0.3 is 14.7 Å². The van der Waals surface area contributed by atoms with E-state index in [1.807, 2.05) is 24.3 Å². The number of likely N-dealkylation sites (tertiary alicyclic amines) is 2. The average Bonchev–Trinajstić information content (AvgIpc) is 3.41. The highest BCUT2D eigenvalue weighted by Crippen LogP contribution is 2.44. The van der Waals surface area contributed by atoms with Crippen molar-refractivity contribution in [2.24, 2.45) is 5.92 Å². The van der Waals surface area contributed by atoms with Crippen molar-refractivity contribution in [3.05, 3.63) is 59.7 Å². The second kappa shape index (κ2) is 8.35. The van der Waals surface area contributed by atoms with Crippen LogP contribution in [0.4, 0.5) is 4.79 Å². The van der Waals surface area contributed by atoms with E-state index in [1.54, 1.807) is 4.90 Å². The van der Waals surface area contributed by atoms with Gasteiger partial charge in [0.05, 0.1) is 5.92 Å². The molecular formula is C25H28N2O4. The Bertz CT molecular complexity index is 945. The van der Waals surface area contributed by atoms with Gasteiger partial charge >= 0.3 is 12.1 Å². The van der Waals surface area contributed by atoms with Gasteiger partial charge in [0, 0.05) is 31.6 Å². The molecule has 2 atom stereocenters. The first-order valence-electron chi connectivity index (χ1n) is 11.2. The van der Waals surface area contributed by atoms with Crippen LogP contribution >= 0.6 is 0 Å². The summed E-state index contributed by atoms with van der Waals surface area (Å²) in [5.74, 6) is -0.943. The van der Waals surface area contributed by atoms with Crippen LogP contribution in [-0.2, 0) is 9.53 Å². The molecule has 31 heavy (non-hydrogen) atoms. The van der Waals surface area contributed by atoms with Gasteiger partial charge in [-0.05, 0) is 48.1 Å². The highest BCUT2D eigenvalue weighted by atomic mass is 16.6. The van der Waals surface area contributed by atoms with E-state index in [4.69, 9.17) is 4.74 Å². The normalized spacial score (nSPS) is 23.4. The van der Waals surface area contributed by atoms with Gasteiger partial charge in [0.15, 0.2) is 0 Å². The number of aliphatic carboxylic acids is 1. The van der Waals surface area contributed by atoms with Crippen molar-refractivity contribution in [1.29, 1.82) is 0 Å². The van der Waals surface area contributed by atoms with Crippen LogP contribution in [0, 0.1) is 5.92 Å². The standard InChI is InChI=1S/C25H28N2O4/c28-24(29)17-6-5-12-26(14-17)18-11-13-27(15-18)25(30)31-16-23-21-9-3-1-7-19(21)20-8-2-4-10-22(20)23/h1-4,7-10,17-18,23H,5-6,11-16H2,(H,28,29). The predicted octanol–water partition coefficient (Wildman–Crippen LogP) is 3.81. The molecule has 2 aliphatic heterocycles. The Labute approximate surface area is 182 Å². The van der Waals surface area contributed by atoms with Crippen molar-refractivity contribution in [2.75, 3.05) is 32.8 Å². The summed E-state index contributed by atoms with van der Waals surface area (Å²) in [6, 6.07) is 16.9. The molecule has 2 unspecified atom stereocenters. The highest BCUT2D eigenvalue weighted by Gasteiger charge is 2.36. The number of ether oxygens (including phenoxy) is 1. The lowest BCUT2D eigenvalue weighted by atomic mass is 9.96. The maximum atomic E-state index is 12.8. The van der Waals surface area contributed by atoms with Gasteiger partial charge in [-0.2, -0.15) is 0 Å². The van der Waals surface area contributed by atoms with Crippen LogP contribution in [0.1, 0.15) is 36.3 Å². The zero-order chi connectivity index (χ0) is 21.4. The summed E-state index contributed by atoms with van der Waals surface area (Å²) >= 11 is 0. The molecule has 1 N–H and O–H groups in total. The zero-order valence-electron chi connectivity index (χ0n) is 17.6. The number of nitrogens with zero attached hydrogens (tertiary/aromatic N) is 2. The molecule has 6 heteroatoms. The Morgan fingerprint density at radius 1 is 0.935 bits per heavy atom. The first-order chi connectivity index (χ1) is 15.1. The third-order valence-electron chi connectivity index (χ3n) is 7.08. The number of hydrogen-bond donors (Lipinski definition) is 1. The van der Waals surface area contributed by atoms with Crippen LogP contribution in [0.25, 0.3) is 11.1 Å². The van der Waals surface area contributed by atoms with E-state index < -0.39 is 5.97 Å². The summed E-state index contributed by atoms with van der Waals surface area (Å²) < 4.78 is 5.79.